The zero-order chi connectivity index (χ0) is 24.2. The lowest BCUT2D eigenvalue weighted by Gasteiger charge is -2.48. The summed E-state index contributed by atoms with van der Waals surface area (Å²) in [5.41, 5.74) is -0.804. The van der Waals surface area contributed by atoms with Crippen molar-refractivity contribution in [3.05, 3.63) is 0 Å². The number of cyclic esters (lactones) is 2. The molecule has 184 valence electrons. The van der Waals surface area contributed by atoms with E-state index in [1.807, 2.05) is 0 Å². The molecule has 32 heavy (non-hydrogen) atoms. The standard InChI is InChI=1S/C23H38O9/c1-22(11-5-3-7-18(25)26)13-9-20(29)31-15-17(24)16-32-21(30)10-14-23(22,2)12-6-4-8-19(27)28/h17,24H,3-16H2,1-2H3,(H,25,26)(H,27,28). The monoisotopic (exact) mass is 458 g/mol. The highest BCUT2D eigenvalue weighted by Crippen LogP contribution is 2.52. The second-order valence-electron chi connectivity index (χ2n) is 9.34. The van der Waals surface area contributed by atoms with Gasteiger partial charge in [-0.15, -0.1) is 0 Å². The molecule has 0 bridgehead atoms. The summed E-state index contributed by atoms with van der Waals surface area (Å²) >= 11 is 0. The minimum absolute atomic E-state index is 0.0671. The normalized spacial score (nSPS) is 27.9. The van der Waals surface area contributed by atoms with Gasteiger partial charge in [0.05, 0.1) is 0 Å². The van der Waals surface area contributed by atoms with Crippen LogP contribution in [0.5, 0.6) is 0 Å². The first kappa shape index (κ1) is 27.9. The number of carbonyl (C=O) groups is 4. The molecule has 2 atom stereocenters. The van der Waals surface area contributed by atoms with Gasteiger partial charge in [-0.3, -0.25) is 19.2 Å². The van der Waals surface area contributed by atoms with Gasteiger partial charge in [0, 0.05) is 25.7 Å². The van der Waals surface area contributed by atoms with Crippen LogP contribution >= 0.6 is 0 Å². The molecule has 0 aromatic heterocycles. The molecule has 0 radical (unpaired) electrons. The second-order valence-corrected chi connectivity index (χ2v) is 9.34. The first-order valence-corrected chi connectivity index (χ1v) is 11.4. The van der Waals surface area contributed by atoms with Crippen LogP contribution in [0.3, 0.4) is 0 Å². The van der Waals surface area contributed by atoms with Crippen molar-refractivity contribution in [3.63, 3.8) is 0 Å². The van der Waals surface area contributed by atoms with Gasteiger partial charge in [0.2, 0.25) is 0 Å². The Labute approximate surface area is 189 Å². The maximum Gasteiger partial charge on any atom is 0.305 e. The van der Waals surface area contributed by atoms with Crippen LogP contribution in [0, 0.1) is 10.8 Å². The third-order valence-corrected chi connectivity index (χ3v) is 6.83. The number of unbranched alkanes of at least 4 members (excludes halogenated alkanes) is 2. The van der Waals surface area contributed by atoms with Crippen LogP contribution in [0.1, 0.15) is 90.9 Å². The molecule has 1 saturated heterocycles. The van der Waals surface area contributed by atoms with Crippen LogP contribution in [0.25, 0.3) is 0 Å². The van der Waals surface area contributed by atoms with Crippen molar-refractivity contribution in [3.8, 4) is 0 Å². The first-order valence-electron chi connectivity index (χ1n) is 11.4. The summed E-state index contributed by atoms with van der Waals surface area (Å²) in [6.45, 7) is 3.62. The van der Waals surface area contributed by atoms with E-state index in [2.05, 4.69) is 13.8 Å². The molecule has 2 unspecified atom stereocenters. The van der Waals surface area contributed by atoms with Gasteiger partial charge in [-0.05, 0) is 49.4 Å². The molecule has 1 aliphatic rings. The summed E-state index contributed by atoms with van der Waals surface area (Å²) in [6, 6.07) is 0. The minimum atomic E-state index is -1.08. The average Bonchev–Trinajstić information content (AvgIpc) is 2.73. The van der Waals surface area contributed by atoms with Gasteiger partial charge in [0.25, 0.3) is 0 Å². The van der Waals surface area contributed by atoms with Gasteiger partial charge in [-0.1, -0.05) is 26.7 Å². The van der Waals surface area contributed by atoms with E-state index in [0.29, 0.717) is 51.4 Å². The number of hydrogen-bond acceptors (Lipinski definition) is 7. The molecular formula is C23H38O9. The molecule has 0 aliphatic carbocycles. The fourth-order valence-electron chi connectivity index (χ4n) is 4.37. The Kier molecular flexibility index (Phi) is 11.7. The van der Waals surface area contributed by atoms with Gasteiger partial charge in [-0.2, -0.15) is 0 Å². The van der Waals surface area contributed by atoms with Crippen LogP contribution in [0.15, 0.2) is 0 Å². The van der Waals surface area contributed by atoms with Crippen LogP contribution in [-0.2, 0) is 28.7 Å². The Morgan fingerprint density at radius 2 is 1.19 bits per heavy atom. The van der Waals surface area contributed by atoms with Gasteiger partial charge in [-0.25, -0.2) is 0 Å². The highest BCUT2D eigenvalue weighted by molar-refractivity contribution is 5.70. The van der Waals surface area contributed by atoms with Crippen molar-refractivity contribution in [2.45, 2.75) is 97.0 Å². The summed E-state index contributed by atoms with van der Waals surface area (Å²) in [5, 5.41) is 27.7. The molecule has 3 N–H and O–H groups in total. The van der Waals surface area contributed by atoms with E-state index in [0.717, 1.165) is 0 Å². The van der Waals surface area contributed by atoms with E-state index in [1.165, 1.54) is 0 Å². The predicted molar refractivity (Wildman–Crippen MR) is 115 cm³/mol. The lowest BCUT2D eigenvalue weighted by molar-refractivity contribution is -0.152. The number of carbonyl (C=O) groups excluding carboxylic acids is 2. The zero-order valence-corrected chi connectivity index (χ0v) is 19.3. The van der Waals surface area contributed by atoms with Crippen LogP contribution in [0.4, 0.5) is 0 Å². The lowest BCUT2D eigenvalue weighted by Crippen LogP contribution is -2.39. The molecule has 1 heterocycles. The van der Waals surface area contributed by atoms with Crippen molar-refractivity contribution in [1.29, 1.82) is 0 Å². The van der Waals surface area contributed by atoms with Gasteiger partial charge in [0.15, 0.2) is 0 Å². The summed E-state index contributed by atoms with van der Waals surface area (Å²) in [7, 11) is 0. The van der Waals surface area contributed by atoms with E-state index >= 15 is 0 Å². The van der Waals surface area contributed by atoms with E-state index in [4.69, 9.17) is 19.7 Å². The first-order chi connectivity index (χ1) is 15.0. The Morgan fingerprint density at radius 1 is 0.812 bits per heavy atom. The number of carboxylic acid groups (broad SMARTS) is 2. The number of hydrogen-bond donors (Lipinski definition) is 3. The minimum Gasteiger partial charge on any atom is -0.481 e. The molecule has 0 spiro atoms. The van der Waals surface area contributed by atoms with E-state index in [-0.39, 0.29) is 38.9 Å². The second kappa shape index (κ2) is 13.4. The van der Waals surface area contributed by atoms with Crippen LogP contribution < -0.4 is 0 Å². The van der Waals surface area contributed by atoms with Gasteiger partial charge < -0.3 is 24.8 Å². The Morgan fingerprint density at radius 3 is 1.53 bits per heavy atom. The maximum atomic E-state index is 12.3. The van der Waals surface area contributed by atoms with Crippen molar-refractivity contribution in [2.75, 3.05) is 13.2 Å². The summed E-state index contributed by atoms with van der Waals surface area (Å²) < 4.78 is 10.2. The molecule has 9 heteroatoms. The highest BCUT2D eigenvalue weighted by Gasteiger charge is 2.43. The summed E-state index contributed by atoms with van der Waals surface area (Å²) in [5.74, 6) is -2.60. The highest BCUT2D eigenvalue weighted by atomic mass is 16.6. The van der Waals surface area contributed by atoms with E-state index < -0.39 is 40.8 Å². The number of ether oxygens (including phenoxy) is 2. The molecule has 0 aromatic rings. The number of carboxylic acids is 2. The van der Waals surface area contributed by atoms with E-state index in [9.17, 15) is 24.3 Å². The molecule has 0 amide bonds. The topological polar surface area (TPSA) is 147 Å². The smallest absolute Gasteiger partial charge is 0.305 e. The van der Waals surface area contributed by atoms with Crippen molar-refractivity contribution in [1.82, 2.24) is 0 Å². The lowest BCUT2D eigenvalue weighted by atomic mass is 9.57. The molecule has 0 aromatic carbocycles. The van der Waals surface area contributed by atoms with Crippen molar-refractivity contribution in [2.24, 2.45) is 10.8 Å². The zero-order valence-electron chi connectivity index (χ0n) is 19.3. The molecular weight excluding hydrogens is 420 g/mol. The van der Waals surface area contributed by atoms with Gasteiger partial charge >= 0.3 is 23.9 Å². The number of aliphatic carboxylic acids is 2. The molecule has 1 fully saturated rings. The predicted octanol–water partition coefficient (Wildman–Crippen LogP) is 3.31. The number of aliphatic hydroxyl groups is 1. The Bertz CT molecular complexity index is 593. The fraction of sp³-hybridized carbons (Fsp3) is 0.826. The summed E-state index contributed by atoms with van der Waals surface area (Å²) in [4.78, 5) is 46.3. The SMILES string of the molecule is CC1(CCCCC(=O)O)CCC(=O)OCC(O)COC(=O)CCC1(C)CCCCC(=O)O. The van der Waals surface area contributed by atoms with E-state index in [1.54, 1.807) is 0 Å². The maximum absolute atomic E-state index is 12.3. The molecule has 1 aliphatic heterocycles. The van der Waals surface area contributed by atoms with Crippen molar-refractivity contribution < 1.29 is 44.0 Å². The Hall–Kier alpha value is -2.16. The third-order valence-electron chi connectivity index (χ3n) is 6.83. The fourth-order valence-corrected chi connectivity index (χ4v) is 4.37. The number of esters is 2. The number of rotatable bonds is 10. The average molecular weight is 459 g/mol. The molecule has 9 nitrogen and oxygen atoms in total. The molecule has 0 saturated carbocycles. The Balaban J connectivity index is 3.07. The third kappa shape index (κ3) is 9.97. The van der Waals surface area contributed by atoms with Crippen LogP contribution in [0.2, 0.25) is 0 Å². The van der Waals surface area contributed by atoms with Crippen LogP contribution in [-0.4, -0.2) is 58.5 Å². The van der Waals surface area contributed by atoms with Crippen molar-refractivity contribution >= 4 is 23.9 Å². The quantitative estimate of drug-likeness (QED) is 0.331. The summed E-state index contributed by atoms with van der Waals surface area (Å²) in [6.07, 6.45) is 3.99. The molecule has 1 rings (SSSR count). The van der Waals surface area contributed by atoms with Gasteiger partial charge in [0.1, 0.15) is 19.3 Å². The number of aliphatic hydroxyl groups excluding tert-OH is 1. The largest absolute Gasteiger partial charge is 0.481 e.